The van der Waals surface area contributed by atoms with Crippen LogP contribution in [0, 0.1) is 0 Å². The standard InChI is InChI=1S/C22H21ClN4O2/c23-17-7-4-8-18(13-17)27-14-19(16-5-2-1-3-6-16)20-21(25-15-26-22(20)27)24-9-11-29-12-10-28/h1-8,13-15,28H,9-12H2,(H,24,25,26). The summed E-state index contributed by atoms with van der Waals surface area (Å²) in [4.78, 5) is 9.03. The molecule has 29 heavy (non-hydrogen) atoms. The maximum Gasteiger partial charge on any atom is 0.150 e. The summed E-state index contributed by atoms with van der Waals surface area (Å²) in [6.45, 7) is 1.38. The molecule has 0 saturated heterocycles. The third kappa shape index (κ3) is 4.24. The number of nitrogens with zero attached hydrogens (tertiary/aromatic N) is 3. The van der Waals surface area contributed by atoms with Gasteiger partial charge in [-0.3, -0.25) is 0 Å². The Morgan fingerprint density at radius 1 is 1.03 bits per heavy atom. The summed E-state index contributed by atoms with van der Waals surface area (Å²) < 4.78 is 7.37. The third-order valence-corrected chi connectivity index (χ3v) is 4.76. The average Bonchev–Trinajstić information content (AvgIpc) is 3.15. The normalized spacial score (nSPS) is 11.1. The van der Waals surface area contributed by atoms with Crippen LogP contribution < -0.4 is 5.32 Å². The first kappa shape index (κ1) is 19.4. The molecule has 2 aromatic heterocycles. The van der Waals surface area contributed by atoms with E-state index in [0.717, 1.165) is 33.7 Å². The van der Waals surface area contributed by atoms with Gasteiger partial charge < -0.3 is 19.7 Å². The second kappa shape index (κ2) is 9.05. The SMILES string of the molecule is OCCOCCNc1ncnc2c1c(-c1ccccc1)cn2-c1cccc(Cl)c1. The summed E-state index contributed by atoms with van der Waals surface area (Å²) in [6, 6.07) is 17.8. The molecule has 2 heterocycles. The topological polar surface area (TPSA) is 72.2 Å². The Morgan fingerprint density at radius 2 is 1.90 bits per heavy atom. The smallest absolute Gasteiger partial charge is 0.150 e. The van der Waals surface area contributed by atoms with Gasteiger partial charge in [0.25, 0.3) is 0 Å². The number of aromatic nitrogens is 3. The largest absolute Gasteiger partial charge is 0.394 e. The highest BCUT2D eigenvalue weighted by molar-refractivity contribution is 6.30. The highest BCUT2D eigenvalue weighted by Gasteiger charge is 2.17. The number of halogens is 1. The first-order valence-corrected chi connectivity index (χ1v) is 9.75. The lowest BCUT2D eigenvalue weighted by atomic mass is 10.1. The molecule has 2 N–H and O–H groups in total. The van der Waals surface area contributed by atoms with Crippen molar-refractivity contribution in [3.8, 4) is 16.8 Å². The second-order valence-electron chi connectivity index (χ2n) is 6.44. The summed E-state index contributed by atoms with van der Waals surface area (Å²) in [5.41, 5.74) is 3.83. The van der Waals surface area contributed by atoms with Crippen LogP contribution in [0.4, 0.5) is 5.82 Å². The summed E-state index contributed by atoms with van der Waals surface area (Å²) in [6.07, 6.45) is 3.61. The van der Waals surface area contributed by atoms with E-state index in [2.05, 4.69) is 33.6 Å². The number of aliphatic hydroxyl groups excluding tert-OH is 1. The Labute approximate surface area is 173 Å². The predicted octanol–water partition coefficient (Wildman–Crippen LogP) is 4.16. The van der Waals surface area contributed by atoms with Gasteiger partial charge in [-0.05, 0) is 23.8 Å². The fourth-order valence-electron chi connectivity index (χ4n) is 3.26. The molecule has 7 heteroatoms. The molecule has 0 atom stereocenters. The second-order valence-corrected chi connectivity index (χ2v) is 6.88. The van der Waals surface area contributed by atoms with Gasteiger partial charge in [-0.25, -0.2) is 9.97 Å². The number of hydrogen-bond acceptors (Lipinski definition) is 5. The number of aliphatic hydroxyl groups is 1. The summed E-state index contributed by atoms with van der Waals surface area (Å²) in [5, 5.41) is 13.8. The molecule has 2 aromatic carbocycles. The molecule has 4 aromatic rings. The highest BCUT2D eigenvalue weighted by atomic mass is 35.5. The van der Waals surface area contributed by atoms with Crippen LogP contribution in [-0.2, 0) is 4.74 Å². The van der Waals surface area contributed by atoms with Crippen LogP contribution in [-0.4, -0.2) is 46.0 Å². The van der Waals surface area contributed by atoms with Gasteiger partial charge in [0.05, 0.1) is 25.2 Å². The molecule has 0 saturated carbocycles. The number of fused-ring (bicyclic) bond motifs is 1. The lowest BCUT2D eigenvalue weighted by Gasteiger charge is -2.09. The van der Waals surface area contributed by atoms with E-state index >= 15 is 0 Å². The zero-order chi connectivity index (χ0) is 20.1. The lowest BCUT2D eigenvalue weighted by Crippen LogP contribution is -2.12. The molecule has 0 aliphatic carbocycles. The van der Waals surface area contributed by atoms with Gasteiger partial charge >= 0.3 is 0 Å². The number of anilines is 1. The number of hydrogen-bond donors (Lipinski definition) is 2. The van der Waals surface area contributed by atoms with Crippen molar-refractivity contribution in [1.29, 1.82) is 0 Å². The van der Waals surface area contributed by atoms with Crippen molar-refractivity contribution in [2.24, 2.45) is 0 Å². The minimum atomic E-state index is 0.0123. The average molecular weight is 409 g/mol. The van der Waals surface area contributed by atoms with Crippen LogP contribution >= 0.6 is 11.6 Å². The van der Waals surface area contributed by atoms with Crippen molar-refractivity contribution in [2.45, 2.75) is 0 Å². The molecule has 0 radical (unpaired) electrons. The van der Waals surface area contributed by atoms with Crippen LogP contribution in [0.1, 0.15) is 0 Å². The van der Waals surface area contributed by atoms with Crippen molar-refractivity contribution in [2.75, 3.05) is 31.7 Å². The fourth-order valence-corrected chi connectivity index (χ4v) is 3.45. The number of ether oxygens (including phenoxy) is 1. The molecule has 148 valence electrons. The van der Waals surface area contributed by atoms with E-state index in [0.29, 0.717) is 24.8 Å². The number of nitrogens with one attached hydrogen (secondary N) is 1. The first-order chi connectivity index (χ1) is 14.3. The maximum atomic E-state index is 8.84. The van der Waals surface area contributed by atoms with E-state index in [1.807, 2.05) is 47.0 Å². The highest BCUT2D eigenvalue weighted by Crippen LogP contribution is 2.35. The lowest BCUT2D eigenvalue weighted by molar-refractivity contribution is 0.0992. The van der Waals surface area contributed by atoms with Crippen molar-refractivity contribution < 1.29 is 9.84 Å². The Balaban J connectivity index is 1.81. The molecule has 4 rings (SSSR count). The Morgan fingerprint density at radius 3 is 2.69 bits per heavy atom. The van der Waals surface area contributed by atoms with Gasteiger partial charge in [-0.2, -0.15) is 0 Å². The summed E-state index contributed by atoms with van der Waals surface area (Å²) >= 11 is 6.22. The van der Waals surface area contributed by atoms with Gasteiger partial charge in [0.1, 0.15) is 12.1 Å². The van der Waals surface area contributed by atoms with Crippen LogP contribution in [0.15, 0.2) is 67.1 Å². The van der Waals surface area contributed by atoms with Crippen LogP contribution in [0.2, 0.25) is 5.02 Å². The molecule has 0 amide bonds. The third-order valence-electron chi connectivity index (χ3n) is 4.53. The first-order valence-electron chi connectivity index (χ1n) is 9.38. The molecular formula is C22H21ClN4O2. The Bertz CT molecular complexity index is 1100. The van der Waals surface area contributed by atoms with Gasteiger partial charge in [-0.15, -0.1) is 0 Å². The predicted molar refractivity (Wildman–Crippen MR) is 116 cm³/mol. The van der Waals surface area contributed by atoms with Gasteiger partial charge in [0.15, 0.2) is 5.65 Å². The van der Waals surface area contributed by atoms with Gasteiger partial charge in [0, 0.05) is 29.0 Å². The Kier molecular flexibility index (Phi) is 6.05. The van der Waals surface area contributed by atoms with E-state index in [1.54, 1.807) is 6.33 Å². The van der Waals surface area contributed by atoms with Gasteiger partial charge in [-0.1, -0.05) is 48.0 Å². The molecule has 0 fully saturated rings. The Hall–Kier alpha value is -2.93. The molecular weight excluding hydrogens is 388 g/mol. The summed E-state index contributed by atoms with van der Waals surface area (Å²) in [5.74, 6) is 0.738. The van der Waals surface area contributed by atoms with E-state index in [-0.39, 0.29) is 6.61 Å². The van der Waals surface area contributed by atoms with E-state index in [4.69, 9.17) is 21.4 Å². The van der Waals surface area contributed by atoms with Crippen molar-refractivity contribution >= 4 is 28.5 Å². The van der Waals surface area contributed by atoms with Crippen LogP contribution in [0.5, 0.6) is 0 Å². The fraction of sp³-hybridized carbons (Fsp3) is 0.182. The summed E-state index contributed by atoms with van der Waals surface area (Å²) in [7, 11) is 0. The monoisotopic (exact) mass is 408 g/mol. The zero-order valence-electron chi connectivity index (χ0n) is 15.8. The van der Waals surface area contributed by atoms with Crippen LogP contribution in [0.3, 0.4) is 0 Å². The molecule has 0 aliphatic heterocycles. The van der Waals surface area contributed by atoms with E-state index < -0.39 is 0 Å². The van der Waals surface area contributed by atoms with E-state index in [9.17, 15) is 0 Å². The maximum absolute atomic E-state index is 8.84. The van der Waals surface area contributed by atoms with E-state index in [1.165, 1.54) is 0 Å². The molecule has 0 unspecified atom stereocenters. The van der Waals surface area contributed by atoms with Crippen molar-refractivity contribution in [3.05, 3.63) is 72.1 Å². The molecule has 6 nitrogen and oxygen atoms in total. The van der Waals surface area contributed by atoms with Crippen molar-refractivity contribution in [3.63, 3.8) is 0 Å². The number of rotatable bonds is 8. The zero-order valence-corrected chi connectivity index (χ0v) is 16.5. The van der Waals surface area contributed by atoms with Gasteiger partial charge in [0.2, 0.25) is 0 Å². The molecule has 0 bridgehead atoms. The minimum Gasteiger partial charge on any atom is -0.394 e. The molecule has 0 aliphatic rings. The van der Waals surface area contributed by atoms with Crippen molar-refractivity contribution in [1.82, 2.24) is 14.5 Å². The molecule has 0 spiro atoms. The number of benzene rings is 2. The minimum absolute atomic E-state index is 0.0123. The van der Waals surface area contributed by atoms with Crippen LogP contribution in [0.25, 0.3) is 27.8 Å². The quantitative estimate of drug-likeness (QED) is 0.428.